The number of amidine groups is 1. The van der Waals surface area contributed by atoms with Crippen molar-refractivity contribution in [2.45, 2.75) is 6.04 Å². The van der Waals surface area contributed by atoms with E-state index < -0.39 is 0 Å². The summed E-state index contributed by atoms with van der Waals surface area (Å²) >= 11 is 20.3. The van der Waals surface area contributed by atoms with Gasteiger partial charge >= 0.3 is 0 Å². The van der Waals surface area contributed by atoms with Crippen LogP contribution in [0.15, 0.2) is 100 Å². The van der Waals surface area contributed by atoms with Gasteiger partial charge in [-0.2, -0.15) is 0 Å². The quantitative estimate of drug-likeness (QED) is 0.326. The summed E-state index contributed by atoms with van der Waals surface area (Å²) in [7, 11) is 2.16. The van der Waals surface area contributed by atoms with Crippen LogP contribution in [0.4, 0.5) is 0 Å². The van der Waals surface area contributed by atoms with Crippen LogP contribution in [0.3, 0.4) is 0 Å². The van der Waals surface area contributed by atoms with Crippen LogP contribution >= 0.6 is 46.6 Å². The number of fused-ring (bicyclic) bond motifs is 1. The van der Waals surface area contributed by atoms with Crippen molar-refractivity contribution in [2.75, 3.05) is 20.1 Å². The van der Waals surface area contributed by atoms with Crippen LogP contribution in [0.5, 0.6) is 0 Å². The molecular weight excluding hydrogens is 529 g/mol. The largest absolute Gasteiger partial charge is 0.308 e. The number of nitrogens with zero attached hydrogens (tertiary/aromatic N) is 3. The molecule has 6 rings (SSSR count). The molecule has 0 saturated heterocycles. The molecule has 1 atom stereocenters. The Morgan fingerprint density at radius 2 is 1.44 bits per heavy atom. The SMILES string of the molecule is CN1CC(=Cc2ccc(Cl)cc2)C2=C(C1)C(c1ccc(Cl)cc1)N1C(c3ccc(Cl)cc3)=CSC1=N2. The van der Waals surface area contributed by atoms with Crippen LogP contribution in [0, 0.1) is 0 Å². The Morgan fingerprint density at radius 3 is 2.11 bits per heavy atom. The standard InChI is InChI=1S/C29H22Cl3N3S/c1-34-15-21(14-18-2-8-22(30)9-3-18)27-25(16-34)28(20-6-12-24(32)13-7-20)35-26(17-36-29(35)33-27)19-4-10-23(31)11-5-19/h2-14,17,28H,15-16H2,1H3. The third-order valence-corrected chi connectivity index (χ3v) is 8.16. The smallest absolute Gasteiger partial charge is 0.174 e. The first kappa shape index (κ1) is 23.9. The van der Waals surface area contributed by atoms with Gasteiger partial charge < -0.3 is 4.90 Å². The second-order valence-electron chi connectivity index (χ2n) is 9.11. The van der Waals surface area contributed by atoms with Crippen LogP contribution < -0.4 is 0 Å². The van der Waals surface area contributed by atoms with Crippen molar-refractivity contribution in [3.8, 4) is 0 Å². The normalized spacial score (nSPS) is 20.8. The van der Waals surface area contributed by atoms with Crippen molar-refractivity contribution in [2.24, 2.45) is 4.99 Å². The predicted octanol–water partition coefficient (Wildman–Crippen LogP) is 8.39. The molecule has 0 spiro atoms. The monoisotopic (exact) mass is 549 g/mol. The van der Waals surface area contributed by atoms with Gasteiger partial charge in [0.15, 0.2) is 5.17 Å². The Morgan fingerprint density at radius 1 is 0.833 bits per heavy atom. The Bertz CT molecular complexity index is 1440. The average Bonchev–Trinajstić information content (AvgIpc) is 3.29. The zero-order valence-electron chi connectivity index (χ0n) is 19.5. The second kappa shape index (κ2) is 9.77. The van der Waals surface area contributed by atoms with E-state index >= 15 is 0 Å². The van der Waals surface area contributed by atoms with Crippen LogP contribution in [0.1, 0.15) is 22.7 Å². The van der Waals surface area contributed by atoms with Crippen molar-refractivity contribution in [3.05, 3.63) is 127 Å². The lowest BCUT2D eigenvalue weighted by Crippen LogP contribution is -2.40. The zero-order chi connectivity index (χ0) is 24.8. The summed E-state index contributed by atoms with van der Waals surface area (Å²) in [6, 6.07) is 24.1. The fourth-order valence-electron chi connectivity index (χ4n) is 4.96. The molecule has 0 amide bonds. The van der Waals surface area contributed by atoms with Crippen LogP contribution in [0.25, 0.3) is 11.8 Å². The minimum Gasteiger partial charge on any atom is -0.308 e. The van der Waals surface area contributed by atoms with Crippen LogP contribution in [-0.4, -0.2) is 35.1 Å². The van der Waals surface area contributed by atoms with E-state index in [4.69, 9.17) is 39.8 Å². The Labute approximate surface area is 230 Å². The number of likely N-dealkylation sites (N-methyl/N-ethyl adjacent to an activating group) is 1. The van der Waals surface area contributed by atoms with Crippen LogP contribution in [0.2, 0.25) is 15.1 Å². The highest BCUT2D eigenvalue weighted by Crippen LogP contribution is 2.49. The molecule has 1 unspecified atom stereocenters. The van der Waals surface area contributed by atoms with Crippen molar-refractivity contribution >= 4 is 63.5 Å². The van der Waals surface area contributed by atoms with Crippen molar-refractivity contribution < 1.29 is 0 Å². The summed E-state index contributed by atoms with van der Waals surface area (Å²) in [5.74, 6) is 0. The number of hydrogen-bond acceptors (Lipinski definition) is 4. The first-order chi connectivity index (χ1) is 17.5. The summed E-state index contributed by atoms with van der Waals surface area (Å²) in [4.78, 5) is 9.94. The number of hydrogen-bond donors (Lipinski definition) is 0. The summed E-state index contributed by atoms with van der Waals surface area (Å²) in [6.07, 6.45) is 2.23. The molecule has 0 saturated carbocycles. The maximum atomic E-state index is 6.28. The molecule has 0 radical (unpaired) electrons. The third kappa shape index (κ3) is 4.53. The minimum absolute atomic E-state index is 0.00179. The molecule has 7 heteroatoms. The van der Waals surface area contributed by atoms with E-state index in [0.29, 0.717) is 0 Å². The van der Waals surface area contributed by atoms with Gasteiger partial charge in [-0.1, -0.05) is 83.0 Å². The van der Waals surface area contributed by atoms with E-state index in [-0.39, 0.29) is 6.04 Å². The second-order valence-corrected chi connectivity index (χ2v) is 11.3. The molecule has 3 aromatic rings. The maximum Gasteiger partial charge on any atom is 0.174 e. The maximum absolute atomic E-state index is 6.28. The van der Waals surface area contributed by atoms with Gasteiger partial charge in [-0.25, -0.2) is 4.99 Å². The van der Waals surface area contributed by atoms with Gasteiger partial charge in [0.25, 0.3) is 0 Å². The molecule has 0 aromatic heterocycles. The Kier molecular flexibility index (Phi) is 6.49. The van der Waals surface area contributed by atoms with E-state index in [1.54, 1.807) is 11.8 Å². The molecule has 3 heterocycles. The van der Waals surface area contributed by atoms with Gasteiger partial charge in [-0.15, -0.1) is 0 Å². The first-order valence-electron chi connectivity index (χ1n) is 11.6. The van der Waals surface area contributed by atoms with Crippen molar-refractivity contribution in [3.63, 3.8) is 0 Å². The van der Waals surface area contributed by atoms with Crippen molar-refractivity contribution in [1.29, 1.82) is 0 Å². The molecular formula is C29H22Cl3N3S. The summed E-state index contributed by atoms with van der Waals surface area (Å²) in [5, 5.41) is 5.35. The lowest BCUT2D eigenvalue weighted by molar-refractivity contribution is 0.344. The molecule has 0 bridgehead atoms. The summed E-state index contributed by atoms with van der Waals surface area (Å²) in [5.41, 5.74) is 8.08. The summed E-state index contributed by atoms with van der Waals surface area (Å²) < 4.78 is 0. The average molecular weight is 551 g/mol. The third-order valence-electron chi connectivity index (χ3n) is 6.56. The number of halogens is 3. The number of thioether (sulfide) groups is 1. The highest BCUT2D eigenvalue weighted by atomic mass is 35.5. The van der Waals surface area contributed by atoms with E-state index in [0.717, 1.165) is 55.8 Å². The van der Waals surface area contributed by atoms with E-state index in [1.165, 1.54) is 16.7 Å². The molecule has 0 fully saturated rings. The lowest BCUT2D eigenvalue weighted by Gasteiger charge is -2.42. The van der Waals surface area contributed by atoms with Crippen LogP contribution in [-0.2, 0) is 0 Å². The highest BCUT2D eigenvalue weighted by molar-refractivity contribution is 8.16. The number of aliphatic imine (C=N–C) groups is 1. The van der Waals surface area contributed by atoms with E-state index in [9.17, 15) is 0 Å². The van der Waals surface area contributed by atoms with Gasteiger partial charge in [0.1, 0.15) is 0 Å². The molecule has 180 valence electrons. The highest BCUT2D eigenvalue weighted by Gasteiger charge is 2.41. The predicted molar refractivity (Wildman–Crippen MR) is 154 cm³/mol. The summed E-state index contributed by atoms with van der Waals surface area (Å²) in [6.45, 7) is 1.65. The van der Waals surface area contributed by atoms with Gasteiger partial charge in [0, 0.05) is 33.6 Å². The Hall–Kier alpha value is -2.47. The number of benzene rings is 3. The number of rotatable bonds is 3. The molecule has 0 aliphatic carbocycles. The fourth-order valence-corrected chi connectivity index (χ4v) is 6.26. The molecule has 3 nitrogen and oxygen atoms in total. The van der Waals surface area contributed by atoms with Gasteiger partial charge in [-0.3, -0.25) is 4.90 Å². The molecule has 36 heavy (non-hydrogen) atoms. The molecule has 3 aliphatic rings. The first-order valence-corrected chi connectivity index (χ1v) is 13.6. The van der Waals surface area contributed by atoms with E-state index in [1.807, 2.05) is 48.5 Å². The van der Waals surface area contributed by atoms with Gasteiger partial charge in [0.05, 0.1) is 17.4 Å². The molecule has 3 aliphatic heterocycles. The van der Waals surface area contributed by atoms with Gasteiger partial charge in [-0.05, 0) is 77.4 Å². The van der Waals surface area contributed by atoms with Gasteiger partial charge in [0.2, 0.25) is 0 Å². The fraction of sp³-hybridized carbons (Fsp3) is 0.138. The molecule has 3 aromatic carbocycles. The minimum atomic E-state index is -0.00179. The zero-order valence-corrected chi connectivity index (χ0v) is 22.5. The van der Waals surface area contributed by atoms with Crippen molar-refractivity contribution in [1.82, 2.24) is 9.80 Å². The lowest BCUT2D eigenvalue weighted by atomic mass is 9.88. The topological polar surface area (TPSA) is 18.8 Å². The van der Waals surface area contributed by atoms with E-state index in [2.05, 4.69) is 52.6 Å². The Balaban J connectivity index is 1.50. The molecule has 0 N–H and O–H groups in total.